The Morgan fingerprint density at radius 2 is 1.94 bits per heavy atom. The summed E-state index contributed by atoms with van der Waals surface area (Å²) in [6.45, 7) is 3.33. The van der Waals surface area contributed by atoms with Crippen LogP contribution in [0.1, 0.15) is 24.2 Å². The minimum Gasteiger partial charge on any atom is -0.478 e. The summed E-state index contributed by atoms with van der Waals surface area (Å²) < 4.78 is 0. The predicted octanol–water partition coefficient (Wildman–Crippen LogP) is 2.88. The van der Waals surface area contributed by atoms with Crippen molar-refractivity contribution in [1.82, 2.24) is 0 Å². The first-order valence-corrected chi connectivity index (χ1v) is 5.74. The molecule has 0 unspecified atom stereocenters. The number of halogens is 1. The first kappa shape index (κ1) is 14.3. The van der Waals surface area contributed by atoms with Crippen LogP contribution in [0.25, 0.3) is 0 Å². The quantitative estimate of drug-likeness (QED) is 0.913. The summed E-state index contributed by atoms with van der Waals surface area (Å²) in [5.41, 5.74) is 0.458. The van der Waals surface area contributed by atoms with Crippen molar-refractivity contribution in [3.8, 4) is 0 Å². The number of hydrogen-bond acceptors (Lipinski definition) is 2. The molecular weight excluding hydrogens is 254 g/mol. The van der Waals surface area contributed by atoms with E-state index in [4.69, 9.17) is 16.7 Å². The first-order chi connectivity index (χ1) is 8.43. The SMILES string of the molecule is CC(=O)N(C/C=C(/C)Cl)c1ccccc1C(=O)O. The Balaban J connectivity index is 3.18. The molecule has 1 aromatic rings. The van der Waals surface area contributed by atoms with E-state index in [1.165, 1.54) is 17.9 Å². The van der Waals surface area contributed by atoms with E-state index in [9.17, 15) is 9.59 Å². The topological polar surface area (TPSA) is 57.6 Å². The molecular formula is C13H14ClNO3. The van der Waals surface area contributed by atoms with Crippen molar-refractivity contribution in [2.75, 3.05) is 11.4 Å². The number of carbonyl (C=O) groups is 2. The first-order valence-electron chi connectivity index (χ1n) is 5.36. The number of carboxylic acid groups (broad SMARTS) is 1. The van der Waals surface area contributed by atoms with E-state index >= 15 is 0 Å². The minimum atomic E-state index is -1.07. The number of para-hydroxylation sites is 1. The second kappa shape index (κ2) is 6.21. The van der Waals surface area contributed by atoms with Crippen LogP contribution < -0.4 is 4.90 Å². The maximum absolute atomic E-state index is 11.6. The largest absolute Gasteiger partial charge is 0.478 e. The van der Waals surface area contributed by atoms with Crippen LogP contribution in [0.4, 0.5) is 5.69 Å². The lowest BCUT2D eigenvalue weighted by Gasteiger charge is -2.21. The van der Waals surface area contributed by atoms with Crippen LogP contribution in [0.15, 0.2) is 35.4 Å². The van der Waals surface area contributed by atoms with Crippen LogP contribution in [-0.2, 0) is 4.79 Å². The summed E-state index contributed by atoms with van der Waals surface area (Å²) >= 11 is 5.72. The average molecular weight is 268 g/mol. The monoisotopic (exact) mass is 267 g/mol. The highest BCUT2D eigenvalue weighted by atomic mass is 35.5. The maximum Gasteiger partial charge on any atom is 0.337 e. The number of amides is 1. The molecule has 1 aromatic carbocycles. The zero-order valence-corrected chi connectivity index (χ0v) is 10.9. The molecule has 96 valence electrons. The van der Waals surface area contributed by atoms with Crippen molar-refractivity contribution in [2.24, 2.45) is 0 Å². The van der Waals surface area contributed by atoms with Gasteiger partial charge in [-0.15, -0.1) is 0 Å². The molecule has 0 bridgehead atoms. The molecule has 1 N–H and O–H groups in total. The summed E-state index contributed by atoms with van der Waals surface area (Å²) in [5.74, 6) is -1.30. The Hall–Kier alpha value is -1.81. The third kappa shape index (κ3) is 3.60. The fourth-order valence-electron chi connectivity index (χ4n) is 1.50. The van der Waals surface area contributed by atoms with Gasteiger partial charge in [0.1, 0.15) is 0 Å². The predicted molar refractivity (Wildman–Crippen MR) is 71.0 cm³/mol. The molecule has 0 atom stereocenters. The van der Waals surface area contributed by atoms with Gasteiger partial charge in [0.2, 0.25) is 5.91 Å². The second-order valence-corrected chi connectivity index (χ2v) is 4.34. The molecule has 0 saturated heterocycles. The lowest BCUT2D eigenvalue weighted by atomic mass is 10.1. The number of allylic oxidation sites excluding steroid dienone is 1. The summed E-state index contributed by atoms with van der Waals surface area (Å²) in [7, 11) is 0. The third-order valence-electron chi connectivity index (χ3n) is 2.36. The Morgan fingerprint density at radius 1 is 1.33 bits per heavy atom. The van der Waals surface area contributed by atoms with Crippen molar-refractivity contribution in [2.45, 2.75) is 13.8 Å². The van der Waals surface area contributed by atoms with Crippen LogP contribution in [0.2, 0.25) is 0 Å². The number of aromatic carboxylic acids is 1. The minimum absolute atomic E-state index is 0.0910. The van der Waals surface area contributed by atoms with E-state index in [0.29, 0.717) is 10.7 Å². The molecule has 18 heavy (non-hydrogen) atoms. The van der Waals surface area contributed by atoms with E-state index in [1.54, 1.807) is 31.2 Å². The Bertz CT molecular complexity index is 493. The van der Waals surface area contributed by atoms with Gasteiger partial charge >= 0.3 is 5.97 Å². The molecule has 4 nitrogen and oxygen atoms in total. The van der Waals surface area contributed by atoms with Gasteiger partial charge < -0.3 is 10.0 Å². The van der Waals surface area contributed by atoms with Gasteiger partial charge in [-0.2, -0.15) is 0 Å². The molecule has 0 aliphatic heterocycles. The van der Waals surface area contributed by atoms with Crippen LogP contribution in [-0.4, -0.2) is 23.5 Å². The van der Waals surface area contributed by atoms with E-state index in [-0.39, 0.29) is 18.0 Å². The number of benzene rings is 1. The van der Waals surface area contributed by atoms with Crippen LogP contribution in [0, 0.1) is 0 Å². The standard InChI is InChI=1S/C13H14ClNO3/c1-9(14)7-8-15(10(2)16)12-6-4-3-5-11(12)13(17)18/h3-7H,8H2,1-2H3,(H,17,18)/b9-7-. The lowest BCUT2D eigenvalue weighted by molar-refractivity contribution is -0.116. The molecule has 0 fully saturated rings. The normalized spacial score (nSPS) is 11.2. The fraction of sp³-hybridized carbons (Fsp3) is 0.231. The van der Waals surface area contributed by atoms with Crippen molar-refractivity contribution in [3.05, 3.63) is 40.9 Å². The van der Waals surface area contributed by atoms with Crippen LogP contribution in [0.5, 0.6) is 0 Å². The molecule has 0 aliphatic carbocycles. The zero-order valence-electron chi connectivity index (χ0n) is 10.2. The number of carboxylic acids is 1. The molecule has 1 amide bonds. The number of hydrogen-bond donors (Lipinski definition) is 1. The molecule has 1 rings (SSSR count). The highest BCUT2D eigenvalue weighted by Crippen LogP contribution is 2.21. The lowest BCUT2D eigenvalue weighted by Crippen LogP contribution is -2.30. The van der Waals surface area contributed by atoms with E-state index in [1.807, 2.05) is 0 Å². The van der Waals surface area contributed by atoms with Gasteiger partial charge in [-0.1, -0.05) is 29.8 Å². The van der Waals surface area contributed by atoms with Crippen LogP contribution >= 0.6 is 11.6 Å². The number of anilines is 1. The van der Waals surface area contributed by atoms with Gasteiger partial charge in [0.25, 0.3) is 0 Å². The van der Waals surface area contributed by atoms with Gasteiger partial charge in [-0.05, 0) is 19.1 Å². The molecule has 0 spiro atoms. The van der Waals surface area contributed by atoms with Gasteiger partial charge in [0.15, 0.2) is 0 Å². The highest BCUT2D eigenvalue weighted by molar-refractivity contribution is 6.29. The van der Waals surface area contributed by atoms with Gasteiger partial charge in [-0.25, -0.2) is 4.79 Å². The molecule has 0 aliphatic rings. The Labute approximate surface area is 110 Å². The van der Waals surface area contributed by atoms with Crippen LogP contribution in [0.3, 0.4) is 0 Å². The maximum atomic E-state index is 11.6. The molecule has 0 radical (unpaired) electrons. The van der Waals surface area contributed by atoms with Crippen molar-refractivity contribution in [1.29, 1.82) is 0 Å². The van der Waals surface area contributed by atoms with Gasteiger partial charge in [0, 0.05) is 18.5 Å². The smallest absolute Gasteiger partial charge is 0.337 e. The summed E-state index contributed by atoms with van der Waals surface area (Å²) in [4.78, 5) is 24.1. The molecule has 0 heterocycles. The summed E-state index contributed by atoms with van der Waals surface area (Å²) in [5, 5.41) is 9.64. The fourth-order valence-corrected chi connectivity index (χ4v) is 1.57. The van der Waals surface area contributed by atoms with E-state index in [2.05, 4.69) is 0 Å². The number of carbonyl (C=O) groups excluding carboxylic acids is 1. The molecule has 0 aromatic heterocycles. The van der Waals surface area contributed by atoms with E-state index < -0.39 is 5.97 Å². The second-order valence-electron chi connectivity index (χ2n) is 3.74. The zero-order chi connectivity index (χ0) is 13.7. The molecule has 5 heteroatoms. The van der Waals surface area contributed by atoms with Gasteiger partial charge in [0.05, 0.1) is 11.3 Å². The van der Waals surface area contributed by atoms with Crippen molar-refractivity contribution < 1.29 is 14.7 Å². The van der Waals surface area contributed by atoms with Crippen molar-refractivity contribution >= 4 is 29.2 Å². The summed E-state index contributed by atoms with van der Waals surface area (Å²) in [6, 6.07) is 6.37. The highest BCUT2D eigenvalue weighted by Gasteiger charge is 2.17. The van der Waals surface area contributed by atoms with E-state index in [0.717, 1.165) is 0 Å². The Morgan fingerprint density at radius 3 is 2.44 bits per heavy atom. The third-order valence-corrected chi connectivity index (χ3v) is 2.51. The van der Waals surface area contributed by atoms with Crippen molar-refractivity contribution in [3.63, 3.8) is 0 Å². The summed E-state index contributed by atoms with van der Waals surface area (Å²) in [6.07, 6.45) is 1.65. The van der Waals surface area contributed by atoms with Gasteiger partial charge in [-0.3, -0.25) is 4.79 Å². The number of nitrogens with zero attached hydrogens (tertiary/aromatic N) is 1. The Kier molecular flexibility index (Phi) is 4.92. The molecule has 0 saturated carbocycles. The number of rotatable bonds is 4. The average Bonchev–Trinajstić information content (AvgIpc) is 2.28.